The Morgan fingerprint density at radius 3 is 2.67 bits per heavy atom. The molecule has 0 amide bonds. The van der Waals surface area contributed by atoms with Gasteiger partial charge in [0.2, 0.25) is 11.6 Å². The molecule has 0 spiro atoms. The van der Waals surface area contributed by atoms with Crippen LogP contribution in [-0.4, -0.2) is 20.0 Å². The van der Waals surface area contributed by atoms with Crippen LogP contribution in [0.25, 0.3) is 0 Å². The van der Waals surface area contributed by atoms with Gasteiger partial charge in [0.15, 0.2) is 0 Å². The maximum absolute atomic E-state index is 10.8. The van der Waals surface area contributed by atoms with Crippen LogP contribution in [0.5, 0.6) is 0 Å². The molecular weight excluding hydrogens is 196 g/mol. The molecule has 1 aliphatic carbocycles. The summed E-state index contributed by atoms with van der Waals surface area (Å²) in [6, 6.07) is 0. The number of imidazole rings is 1. The highest BCUT2D eigenvalue weighted by atomic mass is 16.6. The molecule has 82 valence electrons. The van der Waals surface area contributed by atoms with Crippen LogP contribution in [-0.2, 0) is 7.05 Å². The van der Waals surface area contributed by atoms with Gasteiger partial charge in [0.25, 0.3) is 0 Å². The van der Waals surface area contributed by atoms with Crippen molar-refractivity contribution in [2.45, 2.75) is 32.2 Å². The summed E-state index contributed by atoms with van der Waals surface area (Å²) in [5, 5.41) is 14.0. The van der Waals surface area contributed by atoms with Gasteiger partial charge < -0.3 is 15.4 Å². The average Bonchev–Trinajstić information content (AvgIpc) is 2.81. The number of aromatic nitrogens is 2. The summed E-state index contributed by atoms with van der Waals surface area (Å²) in [5.41, 5.74) is 0.0188. The maximum atomic E-state index is 10.8. The quantitative estimate of drug-likeness (QED) is 0.607. The van der Waals surface area contributed by atoms with Crippen LogP contribution < -0.4 is 5.32 Å². The summed E-state index contributed by atoms with van der Waals surface area (Å²) >= 11 is 0. The largest absolute Gasteiger partial charge is 0.406 e. The molecular formula is C9H14N4O2. The number of nitrogens with zero attached hydrogens (tertiary/aromatic N) is 3. The van der Waals surface area contributed by atoms with Crippen LogP contribution in [0.15, 0.2) is 0 Å². The Bertz CT molecular complexity index is 420. The highest BCUT2D eigenvalue weighted by molar-refractivity contribution is 5.56. The first-order chi connectivity index (χ1) is 6.93. The molecule has 6 heteroatoms. The second kappa shape index (κ2) is 2.95. The smallest absolute Gasteiger partial charge is 0.359 e. The standard InChI is InChI=1S/C9H14N4O2/c1-6-10-7(13(14)15)8(12(6)3)11-9(2)4-5-9/h11H,4-5H2,1-3H3. The molecule has 0 unspecified atom stereocenters. The van der Waals surface area contributed by atoms with Gasteiger partial charge in [-0.15, -0.1) is 0 Å². The molecule has 0 radical (unpaired) electrons. The van der Waals surface area contributed by atoms with Crippen LogP contribution in [0.4, 0.5) is 11.6 Å². The summed E-state index contributed by atoms with van der Waals surface area (Å²) in [6.45, 7) is 3.81. The molecule has 1 aliphatic rings. The monoisotopic (exact) mass is 210 g/mol. The lowest BCUT2D eigenvalue weighted by Crippen LogP contribution is -2.19. The van der Waals surface area contributed by atoms with Gasteiger partial charge in [-0.3, -0.25) is 4.57 Å². The number of nitrogens with one attached hydrogen (secondary N) is 1. The molecule has 0 aliphatic heterocycles. The van der Waals surface area contributed by atoms with E-state index in [2.05, 4.69) is 17.2 Å². The van der Waals surface area contributed by atoms with Crippen molar-refractivity contribution in [3.63, 3.8) is 0 Å². The molecule has 1 N–H and O–H groups in total. The summed E-state index contributed by atoms with van der Waals surface area (Å²) in [5.74, 6) is 1.08. The molecule has 1 aromatic heterocycles. The van der Waals surface area contributed by atoms with Gasteiger partial charge in [-0.1, -0.05) is 0 Å². The van der Waals surface area contributed by atoms with Gasteiger partial charge in [0, 0.05) is 19.5 Å². The molecule has 0 bridgehead atoms. The number of hydrogen-bond donors (Lipinski definition) is 1. The lowest BCUT2D eigenvalue weighted by Gasteiger charge is -2.12. The highest BCUT2D eigenvalue weighted by Gasteiger charge is 2.40. The molecule has 0 atom stereocenters. The Kier molecular flexibility index (Phi) is 1.95. The summed E-state index contributed by atoms with van der Waals surface area (Å²) in [6.07, 6.45) is 2.10. The Morgan fingerprint density at radius 1 is 1.60 bits per heavy atom. The summed E-state index contributed by atoms with van der Waals surface area (Å²) in [4.78, 5) is 14.3. The minimum absolute atomic E-state index is 0.0188. The fourth-order valence-electron chi connectivity index (χ4n) is 1.46. The predicted octanol–water partition coefficient (Wildman–Crippen LogP) is 1.60. The Balaban J connectivity index is 2.38. The van der Waals surface area contributed by atoms with E-state index in [0.717, 1.165) is 12.8 Å². The molecule has 1 heterocycles. The third-order valence-electron chi connectivity index (χ3n) is 2.89. The minimum Gasteiger partial charge on any atom is -0.359 e. The van der Waals surface area contributed by atoms with Crippen molar-refractivity contribution in [1.29, 1.82) is 0 Å². The van der Waals surface area contributed by atoms with Crippen molar-refractivity contribution in [1.82, 2.24) is 9.55 Å². The second-order valence-electron chi connectivity index (χ2n) is 4.33. The van der Waals surface area contributed by atoms with E-state index in [-0.39, 0.29) is 11.4 Å². The van der Waals surface area contributed by atoms with E-state index in [0.29, 0.717) is 11.6 Å². The topological polar surface area (TPSA) is 73.0 Å². The van der Waals surface area contributed by atoms with Gasteiger partial charge >= 0.3 is 5.82 Å². The van der Waals surface area contributed by atoms with Gasteiger partial charge in [-0.2, -0.15) is 0 Å². The van der Waals surface area contributed by atoms with Crippen molar-refractivity contribution >= 4 is 11.6 Å². The van der Waals surface area contributed by atoms with E-state index >= 15 is 0 Å². The zero-order chi connectivity index (χ0) is 11.2. The summed E-state index contributed by atoms with van der Waals surface area (Å²) < 4.78 is 1.72. The molecule has 0 aromatic carbocycles. The summed E-state index contributed by atoms with van der Waals surface area (Å²) in [7, 11) is 1.78. The fourth-order valence-corrected chi connectivity index (χ4v) is 1.46. The van der Waals surface area contributed by atoms with Gasteiger partial charge in [0.1, 0.15) is 0 Å². The van der Waals surface area contributed by atoms with Crippen LogP contribution in [0.2, 0.25) is 0 Å². The van der Waals surface area contributed by atoms with Gasteiger partial charge in [0.05, 0.1) is 0 Å². The molecule has 6 nitrogen and oxygen atoms in total. The Morgan fingerprint density at radius 2 is 2.20 bits per heavy atom. The van der Waals surface area contributed by atoms with Crippen LogP contribution >= 0.6 is 0 Å². The van der Waals surface area contributed by atoms with Crippen molar-refractivity contribution in [3.05, 3.63) is 15.9 Å². The zero-order valence-electron chi connectivity index (χ0n) is 9.07. The lowest BCUT2D eigenvalue weighted by atomic mass is 10.3. The van der Waals surface area contributed by atoms with E-state index in [1.807, 2.05) is 0 Å². The molecule has 1 saturated carbocycles. The van der Waals surface area contributed by atoms with Gasteiger partial charge in [-0.05, 0) is 29.7 Å². The molecule has 1 aromatic rings. The number of aryl methyl sites for hydroxylation is 1. The third kappa shape index (κ3) is 1.67. The van der Waals surface area contributed by atoms with E-state index in [1.165, 1.54) is 0 Å². The highest BCUT2D eigenvalue weighted by Crippen LogP contribution is 2.40. The number of anilines is 1. The molecule has 15 heavy (non-hydrogen) atoms. The van der Waals surface area contributed by atoms with Crippen molar-refractivity contribution in [3.8, 4) is 0 Å². The molecule has 2 rings (SSSR count). The number of nitro groups is 1. The fraction of sp³-hybridized carbons (Fsp3) is 0.667. The first kappa shape index (κ1) is 9.95. The van der Waals surface area contributed by atoms with E-state index in [4.69, 9.17) is 0 Å². The van der Waals surface area contributed by atoms with Crippen molar-refractivity contribution in [2.75, 3.05) is 5.32 Å². The normalized spacial score (nSPS) is 17.5. The molecule has 0 saturated heterocycles. The van der Waals surface area contributed by atoms with Crippen molar-refractivity contribution < 1.29 is 4.92 Å². The predicted molar refractivity (Wildman–Crippen MR) is 55.9 cm³/mol. The number of hydrogen-bond acceptors (Lipinski definition) is 4. The number of rotatable bonds is 3. The van der Waals surface area contributed by atoms with E-state index in [1.54, 1.807) is 18.5 Å². The first-order valence-corrected chi connectivity index (χ1v) is 4.89. The lowest BCUT2D eigenvalue weighted by molar-refractivity contribution is -0.388. The minimum atomic E-state index is -0.443. The third-order valence-corrected chi connectivity index (χ3v) is 2.89. The first-order valence-electron chi connectivity index (χ1n) is 4.89. The zero-order valence-corrected chi connectivity index (χ0v) is 9.07. The van der Waals surface area contributed by atoms with Crippen LogP contribution in [0, 0.1) is 17.0 Å². The Hall–Kier alpha value is -1.59. The SMILES string of the molecule is Cc1nc([N+](=O)[O-])c(NC2(C)CC2)n1C. The second-order valence-corrected chi connectivity index (χ2v) is 4.33. The maximum Gasteiger partial charge on any atom is 0.406 e. The molecule has 1 fully saturated rings. The average molecular weight is 210 g/mol. The van der Waals surface area contributed by atoms with E-state index < -0.39 is 4.92 Å². The Labute approximate surface area is 87.5 Å². The van der Waals surface area contributed by atoms with Gasteiger partial charge in [-0.25, -0.2) is 0 Å². The van der Waals surface area contributed by atoms with Crippen molar-refractivity contribution in [2.24, 2.45) is 7.05 Å². The van der Waals surface area contributed by atoms with E-state index in [9.17, 15) is 10.1 Å². The van der Waals surface area contributed by atoms with Crippen LogP contribution in [0.3, 0.4) is 0 Å². The van der Waals surface area contributed by atoms with Crippen LogP contribution in [0.1, 0.15) is 25.6 Å².